The highest BCUT2D eigenvalue weighted by Gasteiger charge is 2.24. The molecule has 0 radical (unpaired) electrons. The molecule has 1 N–H and O–H groups in total. The van der Waals surface area contributed by atoms with Crippen molar-refractivity contribution in [3.63, 3.8) is 0 Å². The molecule has 6 heteroatoms. The van der Waals surface area contributed by atoms with Crippen LogP contribution in [0.1, 0.15) is 24.8 Å². The Bertz CT molecular complexity index is 479. The molecule has 0 bridgehead atoms. The Hall–Kier alpha value is -0.980. The summed E-state index contributed by atoms with van der Waals surface area (Å²) in [7, 11) is 1.97. The molecule has 0 amide bonds. The van der Waals surface area contributed by atoms with Crippen molar-refractivity contribution in [2.75, 3.05) is 20.1 Å². The molecule has 0 aliphatic carbocycles. The van der Waals surface area contributed by atoms with E-state index in [4.69, 9.17) is 0 Å². The molecule has 1 fully saturated rings. The smallest absolute Gasteiger partial charge is 0.283 e. The van der Waals surface area contributed by atoms with Gasteiger partial charge in [0.1, 0.15) is 0 Å². The quantitative estimate of drug-likeness (QED) is 0.660. The molecule has 0 saturated carbocycles. The molecule has 2 rings (SSSR count). The van der Waals surface area contributed by atoms with Gasteiger partial charge in [0, 0.05) is 25.2 Å². The Morgan fingerprint density at radius 3 is 3.00 bits per heavy atom. The summed E-state index contributed by atoms with van der Waals surface area (Å²) in [5.41, 5.74) is 1.13. The SMILES string of the molecule is CNCC1CCCCN1Cc1cccc([N+](=O)[O-])c1Br. The number of nitrogens with zero attached hydrogens (tertiary/aromatic N) is 2. The minimum Gasteiger partial charge on any atom is -0.318 e. The number of nitro groups is 1. The lowest BCUT2D eigenvalue weighted by molar-refractivity contribution is -0.385. The van der Waals surface area contributed by atoms with E-state index >= 15 is 0 Å². The molecule has 1 aromatic carbocycles. The molecular weight excluding hydrogens is 322 g/mol. The van der Waals surface area contributed by atoms with Crippen LogP contribution in [0.25, 0.3) is 0 Å². The molecule has 1 heterocycles. The Labute approximate surface area is 127 Å². The number of likely N-dealkylation sites (N-methyl/N-ethyl adjacent to an activating group) is 1. The highest BCUT2D eigenvalue weighted by Crippen LogP contribution is 2.30. The zero-order valence-corrected chi connectivity index (χ0v) is 13.2. The van der Waals surface area contributed by atoms with Crippen molar-refractivity contribution in [2.45, 2.75) is 31.8 Å². The van der Waals surface area contributed by atoms with E-state index in [0.29, 0.717) is 10.5 Å². The third-order valence-electron chi connectivity index (χ3n) is 3.82. The van der Waals surface area contributed by atoms with Gasteiger partial charge in [-0.1, -0.05) is 18.6 Å². The molecule has 1 aromatic rings. The van der Waals surface area contributed by atoms with E-state index in [0.717, 1.165) is 25.2 Å². The van der Waals surface area contributed by atoms with Crippen LogP contribution in [0.2, 0.25) is 0 Å². The lowest BCUT2D eigenvalue weighted by atomic mass is 10.0. The molecule has 1 aliphatic rings. The molecular formula is C14H20BrN3O2. The molecule has 0 spiro atoms. The van der Waals surface area contributed by atoms with Crippen LogP contribution in [0.15, 0.2) is 22.7 Å². The topological polar surface area (TPSA) is 58.4 Å². The molecule has 110 valence electrons. The minimum atomic E-state index is -0.338. The van der Waals surface area contributed by atoms with Gasteiger partial charge >= 0.3 is 0 Å². The predicted molar refractivity (Wildman–Crippen MR) is 82.8 cm³/mol. The van der Waals surface area contributed by atoms with Crippen molar-refractivity contribution < 1.29 is 4.92 Å². The molecule has 5 nitrogen and oxygen atoms in total. The maximum atomic E-state index is 11.0. The van der Waals surface area contributed by atoms with Crippen LogP contribution in [-0.2, 0) is 6.54 Å². The van der Waals surface area contributed by atoms with Crippen molar-refractivity contribution in [2.24, 2.45) is 0 Å². The zero-order chi connectivity index (χ0) is 14.5. The monoisotopic (exact) mass is 341 g/mol. The third kappa shape index (κ3) is 3.56. The summed E-state index contributed by atoms with van der Waals surface area (Å²) in [6.07, 6.45) is 3.65. The summed E-state index contributed by atoms with van der Waals surface area (Å²) in [6, 6.07) is 5.77. The number of hydrogen-bond acceptors (Lipinski definition) is 4. The van der Waals surface area contributed by atoms with Gasteiger partial charge in [-0.05, 0) is 47.9 Å². The molecule has 1 aliphatic heterocycles. The van der Waals surface area contributed by atoms with Crippen LogP contribution in [0.4, 0.5) is 5.69 Å². The molecule has 1 unspecified atom stereocenters. The second-order valence-corrected chi connectivity index (χ2v) is 5.98. The number of halogens is 1. The molecule has 0 aromatic heterocycles. The molecule has 1 saturated heterocycles. The van der Waals surface area contributed by atoms with Crippen LogP contribution in [0.3, 0.4) is 0 Å². The lowest BCUT2D eigenvalue weighted by Gasteiger charge is -2.35. The van der Waals surface area contributed by atoms with Crippen molar-refractivity contribution >= 4 is 21.6 Å². The Kier molecular flexibility index (Phi) is 5.51. The maximum Gasteiger partial charge on any atom is 0.283 e. The second kappa shape index (κ2) is 7.15. The van der Waals surface area contributed by atoms with Crippen LogP contribution in [0.5, 0.6) is 0 Å². The predicted octanol–water partition coefficient (Wildman–Crippen LogP) is 2.93. The largest absolute Gasteiger partial charge is 0.318 e. The number of benzene rings is 1. The lowest BCUT2D eigenvalue weighted by Crippen LogP contribution is -2.44. The van der Waals surface area contributed by atoms with Gasteiger partial charge < -0.3 is 5.32 Å². The van der Waals surface area contributed by atoms with E-state index in [9.17, 15) is 10.1 Å². The number of piperidine rings is 1. The number of likely N-dealkylation sites (tertiary alicyclic amines) is 1. The summed E-state index contributed by atoms with van der Waals surface area (Å²) in [5, 5.41) is 14.2. The Balaban J connectivity index is 2.16. The first-order valence-corrected chi connectivity index (χ1v) is 7.73. The first-order chi connectivity index (χ1) is 9.63. The summed E-state index contributed by atoms with van der Waals surface area (Å²) in [4.78, 5) is 13.1. The molecule has 20 heavy (non-hydrogen) atoms. The Morgan fingerprint density at radius 2 is 2.30 bits per heavy atom. The Morgan fingerprint density at radius 1 is 1.50 bits per heavy atom. The van der Waals surface area contributed by atoms with Gasteiger partial charge in [0.05, 0.1) is 9.40 Å². The minimum absolute atomic E-state index is 0.143. The van der Waals surface area contributed by atoms with Gasteiger partial charge in [-0.25, -0.2) is 0 Å². The average Bonchev–Trinajstić information content (AvgIpc) is 2.43. The highest BCUT2D eigenvalue weighted by atomic mass is 79.9. The van der Waals surface area contributed by atoms with Crippen molar-refractivity contribution in [1.29, 1.82) is 0 Å². The van der Waals surface area contributed by atoms with Crippen molar-refractivity contribution in [3.8, 4) is 0 Å². The number of hydrogen-bond donors (Lipinski definition) is 1. The van der Waals surface area contributed by atoms with Gasteiger partial charge in [0.25, 0.3) is 5.69 Å². The third-order valence-corrected chi connectivity index (χ3v) is 4.73. The van der Waals surface area contributed by atoms with E-state index in [-0.39, 0.29) is 10.6 Å². The van der Waals surface area contributed by atoms with Crippen LogP contribution in [-0.4, -0.2) is 36.0 Å². The fraction of sp³-hybridized carbons (Fsp3) is 0.571. The van der Waals surface area contributed by atoms with Crippen LogP contribution >= 0.6 is 15.9 Å². The van der Waals surface area contributed by atoms with Crippen LogP contribution < -0.4 is 5.32 Å². The summed E-state index contributed by atoms with van der Waals surface area (Å²) < 4.78 is 0.610. The number of nitro benzene ring substituents is 1. The second-order valence-electron chi connectivity index (χ2n) is 5.19. The van der Waals surface area contributed by atoms with Crippen LogP contribution in [0, 0.1) is 10.1 Å². The fourth-order valence-electron chi connectivity index (χ4n) is 2.78. The van der Waals surface area contributed by atoms with Gasteiger partial charge in [-0.3, -0.25) is 15.0 Å². The first-order valence-electron chi connectivity index (χ1n) is 6.94. The van der Waals surface area contributed by atoms with E-state index in [2.05, 4.69) is 26.1 Å². The van der Waals surface area contributed by atoms with E-state index < -0.39 is 0 Å². The standard InChI is InChI=1S/C14H20BrN3O2/c1-16-9-12-6-2-3-8-17(12)10-11-5-4-7-13(14(11)15)18(19)20/h4-5,7,12,16H,2-3,6,8-10H2,1H3. The first kappa shape index (κ1) is 15.4. The van der Waals surface area contributed by atoms with E-state index in [1.165, 1.54) is 25.3 Å². The highest BCUT2D eigenvalue weighted by molar-refractivity contribution is 9.10. The van der Waals surface area contributed by atoms with E-state index in [1.54, 1.807) is 6.07 Å². The van der Waals surface area contributed by atoms with Gasteiger partial charge in [0.2, 0.25) is 0 Å². The average molecular weight is 342 g/mol. The zero-order valence-electron chi connectivity index (χ0n) is 11.6. The summed E-state index contributed by atoms with van der Waals surface area (Å²) >= 11 is 3.38. The maximum absolute atomic E-state index is 11.0. The van der Waals surface area contributed by atoms with Gasteiger partial charge in [-0.2, -0.15) is 0 Å². The summed E-state index contributed by atoms with van der Waals surface area (Å²) in [5.74, 6) is 0. The summed E-state index contributed by atoms with van der Waals surface area (Å²) in [6.45, 7) is 2.78. The fourth-order valence-corrected chi connectivity index (χ4v) is 3.32. The van der Waals surface area contributed by atoms with Crippen molar-refractivity contribution in [3.05, 3.63) is 38.3 Å². The number of nitrogens with one attached hydrogen (secondary N) is 1. The normalized spacial score (nSPS) is 20.0. The van der Waals surface area contributed by atoms with Gasteiger partial charge in [-0.15, -0.1) is 0 Å². The molecule has 1 atom stereocenters. The number of rotatable bonds is 5. The van der Waals surface area contributed by atoms with Crippen molar-refractivity contribution in [1.82, 2.24) is 10.2 Å². The van der Waals surface area contributed by atoms with E-state index in [1.807, 2.05) is 13.1 Å². The van der Waals surface area contributed by atoms with Gasteiger partial charge in [0.15, 0.2) is 0 Å².